The molecule has 0 radical (unpaired) electrons. The van der Waals surface area contributed by atoms with Crippen molar-refractivity contribution in [1.29, 1.82) is 5.26 Å². The normalized spacial score (nSPS) is 9.76. The van der Waals surface area contributed by atoms with Crippen LogP contribution in [0.15, 0.2) is 42.5 Å². The molecule has 0 aliphatic heterocycles. The summed E-state index contributed by atoms with van der Waals surface area (Å²) in [6, 6.07) is 15.4. The lowest BCUT2D eigenvalue weighted by atomic mass is 10.1. The number of benzene rings is 2. The first-order valence-corrected chi connectivity index (χ1v) is 6.81. The van der Waals surface area contributed by atoms with E-state index in [2.05, 4.69) is 11.4 Å². The standard InChI is InChI=1S/C17H18N2O2/c1-3-21-16-9-8-13(10-17(16)20-2)12-19-15-7-5-4-6-14(15)11-18/h4-10,19H,3,12H2,1-2H3. The minimum Gasteiger partial charge on any atom is -0.493 e. The van der Waals surface area contributed by atoms with Gasteiger partial charge in [-0.25, -0.2) is 0 Å². The van der Waals surface area contributed by atoms with Crippen LogP contribution >= 0.6 is 0 Å². The van der Waals surface area contributed by atoms with Crippen molar-refractivity contribution in [2.75, 3.05) is 19.0 Å². The molecule has 0 aromatic heterocycles. The minimum absolute atomic E-state index is 0.601. The molecule has 4 heteroatoms. The third kappa shape index (κ3) is 3.67. The van der Waals surface area contributed by atoms with Gasteiger partial charge in [-0.2, -0.15) is 5.26 Å². The second-order valence-corrected chi connectivity index (χ2v) is 4.43. The van der Waals surface area contributed by atoms with Crippen molar-refractivity contribution in [2.45, 2.75) is 13.5 Å². The van der Waals surface area contributed by atoms with Gasteiger partial charge in [0.05, 0.1) is 25.0 Å². The molecule has 0 bridgehead atoms. The Bertz CT molecular complexity index is 647. The summed E-state index contributed by atoms with van der Waals surface area (Å²) in [4.78, 5) is 0. The molecule has 0 heterocycles. The molecule has 0 fully saturated rings. The molecule has 108 valence electrons. The highest BCUT2D eigenvalue weighted by Crippen LogP contribution is 2.28. The molecule has 4 nitrogen and oxygen atoms in total. The first-order valence-electron chi connectivity index (χ1n) is 6.81. The van der Waals surface area contributed by atoms with Crippen molar-refractivity contribution in [3.63, 3.8) is 0 Å². The van der Waals surface area contributed by atoms with E-state index in [1.165, 1.54) is 0 Å². The van der Waals surface area contributed by atoms with Gasteiger partial charge in [-0.1, -0.05) is 18.2 Å². The summed E-state index contributed by atoms with van der Waals surface area (Å²) in [5.74, 6) is 1.45. The van der Waals surface area contributed by atoms with Crippen LogP contribution in [0.2, 0.25) is 0 Å². The molecule has 2 aromatic rings. The molecule has 0 amide bonds. The molecule has 2 rings (SSSR count). The van der Waals surface area contributed by atoms with Crippen molar-refractivity contribution in [2.24, 2.45) is 0 Å². The molecular formula is C17H18N2O2. The third-order valence-corrected chi connectivity index (χ3v) is 3.06. The maximum Gasteiger partial charge on any atom is 0.161 e. The fourth-order valence-electron chi connectivity index (χ4n) is 2.03. The van der Waals surface area contributed by atoms with E-state index in [-0.39, 0.29) is 0 Å². The van der Waals surface area contributed by atoms with E-state index >= 15 is 0 Å². The molecule has 0 spiro atoms. The number of nitrogens with zero attached hydrogens (tertiary/aromatic N) is 1. The lowest BCUT2D eigenvalue weighted by Crippen LogP contribution is -2.02. The Hall–Kier alpha value is -2.67. The first kappa shape index (κ1) is 14.7. The Labute approximate surface area is 124 Å². The molecule has 21 heavy (non-hydrogen) atoms. The predicted octanol–water partition coefficient (Wildman–Crippen LogP) is 3.58. The van der Waals surface area contributed by atoms with Crippen LogP contribution in [0, 0.1) is 11.3 Å². The zero-order valence-electron chi connectivity index (χ0n) is 12.2. The van der Waals surface area contributed by atoms with Crippen molar-refractivity contribution < 1.29 is 9.47 Å². The number of nitriles is 1. The summed E-state index contributed by atoms with van der Waals surface area (Å²) < 4.78 is 10.8. The number of para-hydroxylation sites is 1. The summed E-state index contributed by atoms with van der Waals surface area (Å²) in [6.07, 6.45) is 0. The Morgan fingerprint density at radius 1 is 1.14 bits per heavy atom. The van der Waals surface area contributed by atoms with Crippen molar-refractivity contribution in [1.82, 2.24) is 0 Å². The summed E-state index contributed by atoms with van der Waals surface area (Å²) in [5, 5.41) is 12.3. The number of hydrogen-bond donors (Lipinski definition) is 1. The molecule has 2 aromatic carbocycles. The van der Waals surface area contributed by atoms with Gasteiger partial charge < -0.3 is 14.8 Å². The molecule has 0 aliphatic rings. The number of rotatable bonds is 6. The van der Waals surface area contributed by atoms with E-state index in [1.54, 1.807) is 13.2 Å². The number of ether oxygens (including phenoxy) is 2. The van der Waals surface area contributed by atoms with E-state index < -0.39 is 0 Å². The van der Waals surface area contributed by atoms with Gasteiger partial charge >= 0.3 is 0 Å². The van der Waals surface area contributed by atoms with Crippen LogP contribution in [0.1, 0.15) is 18.1 Å². The summed E-state index contributed by atoms with van der Waals surface area (Å²) in [5.41, 5.74) is 2.52. The Morgan fingerprint density at radius 3 is 2.67 bits per heavy atom. The zero-order valence-corrected chi connectivity index (χ0v) is 12.2. The molecule has 0 unspecified atom stereocenters. The van der Waals surface area contributed by atoms with Gasteiger partial charge in [0.25, 0.3) is 0 Å². The maximum absolute atomic E-state index is 9.07. The Kier molecular flexibility index (Phi) is 5.05. The van der Waals surface area contributed by atoms with Gasteiger partial charge in [0.1, 0.15) is 6.07 Å². The van der Waals surface area contributed by atoms with E-state index in [1.807, 2.05) is 43.3 Å². The highest BCUT2D eigenvalue weighted by Gasteiger charge is 2.06. The molecule has 0 aliphatic carbocycles. The van der Waals surface area contributed by atoms with E-state index in [0.29, 0.717) is 24.5 Å². The van der Waals surface area contributed by atoms with Gasteiger partial charge in [-0.15, -0.1) is 0 Å². The van der Waals surface area contributed by atoms with Crippen LogP contribution in [0.25, 0.3) is 0 Å². The predicted molar refractivity (Wildman–Crippen MR) is 82.6 cm³/mol. The number of nitrogens with one attached hydrogen (secondary N) is 1. The van der Waals surface area contributed by atoms with Gasteiger partial charge in [0, 0.05) is 6.54 Å². The van der Waals surface area contributed by atoms with E-state index in [0.717, 1.165) is 17.0 Å². The smallest absolute Gasteiger partial charge is 0.161 e. The largest absolute Gasteiger partial charge is 0.493 e. The van der Waals surface area contributed by atoms with Crippen LogP contribution in [0.3, 0.4) is 0 Å². The van der Waals surface area contributed by atoms with E-state index in [4.69, 9.17) is 14.7 Å². The minimum atomic E-state index is 0.601. The van der Waals surface area contributed by atoms with Crippen LogP contribution < -0.4 is 14.8 Å². The van der Waals surface area contributed by atoms with E-state index in [9.17, 15) is 0 Å². The second kappa shape index (κ2) is 7.20. The van der Waals surface area contributed by atoms with Crippen molar-refractivity contribution in [3.8, 4) is 17.6 Å². The number of hydrogen-bond acceptors (Lipinski definition) is 4. The average molecular weight is 282 g/mol. The van der Waals surface area contributed by atoms with Gasteiger partial charge in [-0.3, -0.25) is 0 Å². The lowest BCUT2D eigenvalue weighted by Gasteiger charge is -2.12. The topological polar surface area (TPSA) is 54.3 Å². The highest BCUT2D eigenvalue weighted by molar-refractivity contribution is 5.57. The molecule has 0 saturated carbocycles. The van der Waals surface area contributed by atoms with Gasteiger partial charge in [0.15, 0.2) is 11.5 Å². The fraction of sp³-hybridized carbons (Fsp3) is 0.235. The fourth-order valence-corrected chi connectivity index (χ4v) is 2.03. The average Bonchev–Trinajstić information content (AvgIpc) is 2.54. The Balaban J connectivity index is 2.12. The quantitative estimate of drug-likeness (QED) is 0.880. The van der Waals surface area contributed by atoms with Crippen LogP contribution in [0.4, 0.5) is 5.69 Å². The van der Waals surface area contributed by atoms with Crippen LogP contribution in [0.5, 0.6) is 11.5 Å². The molecular weight excluding hydrogens is 264 g/mol. The monoisotopic (exact) mass is 282 g/mol. The highest BCUT2D eigenvalue weighted by atomic mass is 16.5. The number of anilines is 1. The second-order valence-electron chi connectivity index (χ2n) is 4.43. The molecule has 1 N–H and O–H groups in total. The van der Waals surface area contributed by atoms with Gasteiger partial charge in [0.2, 0.25) is 0 Å². The summed E-state index contributed by atoms with van der Waals surface area (Å²) in [7, 11) is 1.63. The zero-order chi connectivity index (χ0) is 15.1. The summed E-state index contributed by atoms with van der Waals surface area (Å²) in [6.45, 7) is 3.15. The van der Waals surface area contributed by atoms with Crippen LogP contribution in [-0.4, -0.2) is 13.7 Å². The summed E-state index contributed by atoms with van der Waals surface area (Å²) >= 11 is 0. The van der Waals surface area contributed by atoms with Crippen molar-refractivity contribution in [3.05, 3.63) is 53.6 Å². The first-order chi connectivity index (χ1) is 10.3. The number of methoxy groups -OCH3 is 1. The molecule has 0 saturated heterocycles. The lowest BCUT2D eigenvalue weighted by molar-refractivity contribution is 0.310. The van der Waals surface area contributed by atoms with Crippen LogP contribution in [-0.2, 0) is 6.54 Å². The SMILES string of the molecule is CCOc1ccc(CNc2ccccc2C#N)cc1OC. The maximum atomic E-state index is 9.07. The third-order valence-electron chi connectivity index (χ3n) is 3.06. The van der Waals surface area contributed by atoms with Gasteiger partial charge in [-0.05, 0) is 36.8 Å². The van der Waals surface area contributed by atoms with Crippen molar-refractivity contribution >= 4 is 5.69 Å². The Morgan fingerprint density at radius 2 is 1.95 bits per heavy atom. The molecule has 0 atom stereocenters.